The third-order valence-corrected chi connectivity index (χ3v) is 4.74. The lowest BCUT2D eigenvalue weighted by Crippen LogP contribution is -2.39. The summed E-state index contributed by atoms with van der Waals surface area (Å²) in [4.78, 5) is 23.2. The van der Waals surface area contributed by atoms with Crippen molar-refractivity contribution in [2.45, 2.75) is 25.4 Å². The van der Waals surface area contributed by atoms with Crippen molar-refractivity contribution in [3.05, 3.63) is 29.5 Å². The highest BCUT2D eigenvalue weighted by Gasteiger charge is 2.32. The number of amides is 1. The summed E-state index contributed by atoms with van der Waals surface area (Å²) in [5, 5.41) is 5.35. The predicted molar refractivity (Wildman–Crippen MR) is 91.5 cm³/mol. The van der Waals surface area contributed by atoms with Gasteiger partial charge in [0.15, 0.2) is 16.6 Å². The first-order valence-electron chi connectivity index (χ1n) is 7.73. The van der Waals surface area contributed by atoms with E-state index in [4.69, 9.17) is 9.47 Å². The number of methoxy groups -OCH3 is 2. The molecule has 1 fully saturated rings. The highest BCUT2D eigenvalue weighted by molar-refractivity contribution is 7.13. The van der Waals surface area contributed by atoms with Crippen LogP contribution in [0.5, 0.6) is 11.5 Å². The highest BCUT2D eigenvalue weighted by atomic mass is 32.1. The van der Waals surface area contributed by atoms with E-state index in [2.05, 4.69) is 20.2 Å². The van der Waals surface area contributed by atoms with Gasteiger partial charge in [-0.3, -0.25) is 14.7 Å². The standard InChI is InChI=1S/C16H20N4O3S/c1-22-13-5-6-17-11(14(13)23-2)10-20-8-3-4-12(20)15(21)19-16-18-7-9-24-16/h5-7,9,12H,3-4,8,10H2,1-2H3,(H,18,19,21). The summed E-state index contributed by atoms with van der Waals surface area (Å²) >= 11 is 1.42. The molecule has 1 aliphatic heterocycles. The van der Waals surface area contributed by atoms with Crippen LogP contribution in [0.3, 0.4) is 0 Å². The van der Waals surface area contributed by atoms with Gasteiger partial charge in [-0.1, -0.05) is 0 Å². The van der Waals surface area contributed by atoms with Crippen LogP contribution in [0.25, 0.3) is 0 Å². The summed E-state index contributed by atoms with van der Waals surface area (Å²) in [5.41, 5.74) is 0.769. The highest BCUT2D eigenvalue weighted by Crippen LogP contribution is 2.31. The number of anilines is 1. The average molecular weight is 348 g/mol. The number of aromatic nitrogens is 2. The van der Waals surface area contributed by atoms with E-state index in [1.165, 1.54) is 11.3 Å². The van der Waals surface area contributed by atoms with Crippen LogP contribution in [-0.4, -0.2) is 47.6 Å². The number of nitrogens with one attached hydrogen (secondary N) is 1. The van der Waals surface area contributed by atoms with Gasteiger partial charge in [-0.15, -0.1) is 11.3 Å². The van der Waals surface area contributed by atoms with E-state index >= 15 is 0 Å². The van der Waals surface area contributed by atoms with E-state index in [9.17, 15) is 4.79 Å². The normalized spacial score (nSPS) is 17.7. The van der Waals surface area contributed by atoms with Crippen molar-refractivity contribution < 1.29 is 14.3 Å². The van der Waals surface area contributed by atoms with E-state index in [1.807, 2.05) is 5.38 Å². The SMILES string of the molecule is COc1ccnc(CN2CCCC2C(=O)Nc2nccs2)c1OC. The Morgan fingerprint density at radius 3 is 2.96 bits per heavy atom. The summed E-state index contributed by atoms with van der Waals surface area (Å²) in [7, 11) is 3.20. The van der Waals surface area contributed by atoms with E-state index in [0.717, 1.165) is 25.1 Å². The third kappa shape index (κ3) is 3.49. The lowest BCUT2D eigenvalue weighted by atomic mass is 10.2. The second kappa shape index (κ2) is 7.59. The number of rotatable bonds is 6. The Bertz CT molecular complexity index is 693. The summed E-state index contributed by atoms with van der Waals surface area (Å²) in [6.45, 7) is 1.38. The molecule has 7 nitrogen and oxygen atoms in total. The number of thiazole rings is 1. The Hall–Kier alpha value is -2.19. The Balaban J connectivity index is 1.73. The molecule has 0 bridgehead atoms. The van der Waals surface area contributed by atoms with Gasteiger partial charge in [0.05, 0.1) is 20.3 Å². The number of likely N-dealkylation sites (tertiary alicyclic amines) is 1. The molecule has 0 spiro atoms. The molecule has 3 heterocycles. The van der Waals surface area contributed by atoms with Crippen LogP contribution in [0.1, 0.15) is 18.5 Å². The maximum atomic E-state index is 12.5. The number of pyridine rings is 1. The van der Waals surface area contributed by atoms with Crippen molar-refractivity contribution in [3.63, 3.8) is 0 Å². The van der Waals surface area contributed by atoms with Crippen molar-refractivity contribution in [1.29, 1.82) is 0 Å². The van der Waals surface area contributed by atoms with Crippen LogP contribution in [0.4, 0.5) is 5.13 Å². The Morgan fingerprint density at radius 2 is 2.25 bits per heavy atom. The molecule has 0 radical (unpaired) electrons. The maximum Gasteiger partial charge on any atom is 0.243 e. The summed E-state index contributed by atoms with van der Waals surface area (Å²) in [6, 6.07) is 1.57. The molecule has 0 saturated carbocycles. The van der Waals surface area contributed by atoms with E-state index in [1.54, 1.807) is 32.7 Å². The van der Waals surface area contributed by atoms with Crippen molar-refractivity contribution in [2.24, 2.45) is 0 Å². The number of hydrogen-bond donors (Lipinski definition) is 1. The minimum absolute atomic E-state index is 0.0238. The zero-order valence-corrected chi connectivity index (χ0v) is 14.5. The second-order valence-corrected chi connectivity index (χ2v) is 6.34. The minimum Gasteiger partial charge on any atom is -0.493 e. The minimum atomic E-state index is -0.188. The molecule has 1 saturated heterocycles. The van der Waals surface area contributed by atoms with Crippen LogP contribution in [0.15, 0.2) is 23.8 Å². The van der Waals surface area contributed by atoms with Gasteiger partial charge in [0.2, 0.25) is 5.91 Å². The first-order valence-corrected chi connectivity index (χ1v) is 8.61. The average Bonchev–Trinajstić information content (AvgIpc) is 3.26. The smallest absolute Gasteiger partial charge is 0.243 e. The first kappa shape index (κ1) is 16.7. The molecular formula is C16H20N4O3S. The molecule has 1 unspecified atom stereocenters. The van der Waals surface area contributed by atoms with Crippen LogP contribution in [0.2, 0.25) is 0 Å². The molecule has 24 heavy (non-hydrogen) atoms. The molecule has 1 aliphatic rings. The Labute approximate surface area is 144 Å². The molecule has 2 aromatic heterocycles. The number of carbonyl (C=O) groups excluding carboxylic acids is 1. The van der Waals surface area contributed by atoms with Crippen LogP contribution >= 0.6 is 11.3 Å². The van der Waals surface area contributed by atoms with Crippen molar-refractivity contribution in [1.82, 2.24) is 14.9 Å². The molecule has 1 amide bonds. The number of nitrogens with zero attached hydrogens (tertiary/aromatic N) is 3. The van der Waals surface area contributed by atoms with Crippen LogP contribution in [0, 0.1) is 0 Å². The van der Waals surface area contributed by atoms with Crippen LogP contribution < -0.4 is 14.8 Å². The fourth-order valence-electron chi connectivity index (χ4n) is 2.94. The Kier molecular flexibility index (Phi) is 5.27. The van der Waals surface area contributed by atoms with E-state index in [0.29, 0.717) is 23.2 Å². The lowest BCUT2D eigenvalue weighted by molar-refractivity contribution is -0.120. The topological polar surface area (TPSA) is 76.6 Å². The van der Waals surface area contributed by atoms with E-state index < -0.39 is 0 Å². The summed E-state index contributed by atoms with van der Waals surface area (Å²) in [6.07, 6.45) is 5.17. The predicted octanol–water partition coefficient (Wildman–Crippen LogP) is 2.16. The fraction of sp³-hybridized carbons (Fsp3) is 0.438. The van der Waals surface area contributed by atoms with Gasteiger partial charge in [-0.2, -0.15) is 0 Å². The van der Waals surface area contributed by atoms with Crippen LogP contribution in [-0.2, 0) is 11.3 Å². The zero-order valence-electron chi connectivity index (χ0n) is 13.7. The van der Waals surface area contributed by atoms with Crippen molar-refractivity contribution >= 4 is 22.4 Å². The van der Waals surface area contributed by atoms with Gasteiger partial charge >= 0.3 is 0 Å². The van der Waals surface area contributed by atoms with Gasteiger partial charge in [0.25, 0.3) is 0 Å². The van der Waals surface area contributed by atoms with E-state index in [-0.39, 0.29) is 11.9 Å². The Morgan fingerprint density at radius 1 is 1.38 bits per heavy atom. The number of hydrogen-bond acceptors (Lipinski definition) is 7. The van der Waals surface area contributed by atoms with Gasteiger partial charge in [0.1, 0.15) is 5.69 Å². The molecular weight excluding hydrogens is 328 g/mol. The zero-order chi connectivity index (χ0) is 16.9. The molecule has 2 aromatic rings. The monoisotopic (exact) mass is 348 g/mol. The molecule has 0 aromatic carbocycles. The quantitative estimate of drug-likeness (QED) is 0.862. The molecule has 3 rings (SSSR count). The molecule has 1 N–H and O–H groups in total. The lowest BCUT2D eigenvalue weighted by Gasteiger charge is -2.24. The van der Waals surface area contributed by atoms with Gasteiger partial charge < -0.3 is 14.8 Å². The molecule has 0 aliphatic carbocycles. The molecule has 1 atom stereocenters. The van der Waals surface area contributed by atoms with Crippen molar-refractivity contribution in [3.8, 4) is 11.5 Å². The third-order valence-electron chi connectivity index (χ3n) is 4.05. The van der Waals surface area contributed by atoms with Gasteiger partial charge in [-0.25, -0.2) is 4.98 Å². The van der Waals surface area contributed by atoms with Gasteiger partial charge in [-0.05, 0) is 19.4 Å². The first-order chi connectivity index (χ1) is 11.7. The molecule has 128 valence electrons. The summed E-state index contributed by atoms with van der Waals surface area (Å²) in [5.74, 6) is 1.24. The fourth-order valence-corrected chi connectivity index (χ4v) is 3.47. The maximum absolute atomic E-state index is 12.5. The number of ether oxygens (including phenoxy) is 2. The largest absolute Gasteiger partial charge is 0.493 e. The summed E-state index contributed by atoms with van der Waals surface area (Å²) < 4.78 is 10.8. The van der Waals surface area contributed by atoms with Gasteiger partial charge in [0, 0.05) is 30.4 Å². The van der Waals surface area contributed by atoms with Crippen molar-refractivity contribution in [2.75, 3.05) is 26.1 Å². The second-order valence-electron chi connectivity index (χ2n) is 5.45. The molecule has 8 heteroatoms. The number of carbonyl (C=O) groups is 1.